The molecule has 1 aromatic carbocycles. The molecule has 0 bridgehead atoms. The Morgan fingerprint density at radius 1 is 1.50 bits per heavy atom. The Morgan fingerprint density at radius 3 is 2.62 bits per heavy atom. The van der Waals surface area contributed by atoms with Crippen molar-refractivity contribution in [1.29, 1.82) is 0 Å². The summed E-state index contributed by atoms with van der Waals surface area (Å²) in [6.45, 7) is 3.41. The predicted octanol–water partition coefficient (Wildman–Crippen LogP) is 2.44. The van der Waals surface area contributed by atoms with Crippen LogP contribution in [-0.4, -0.2) is 11.3 Å². The largest absolute Gasteiger partial charge is 0.319 e. The zero-order valence-corrected chi connectivity index (χ0v) is 9.59. The van der Waals surface area contributed by atoms with Gasteiger partial charge in [-0.3, -0.25) is 4.79 Å². The molecule has 0 heterocycles. The number of hydrogen-bond donors (Lipinski definition) is 1. The number of Topliss-reactive ketones (excluding diaryl/α,β-unsaturated/α-hetero) is 1. The lowest BCUT2D eigenvalue weighted by Gasteiger charge is -2.22. The normalized spacial score (nSPS) is 19.2. The van der Waals surface area contributed by atoms with Crippen LogP contribution < -0.4 is 5.73 Å². The van der Waals surface area contributed by atoms with Gasteiger partial charge in [-0.15, -0.1) is 0 Å². The van der Waals surface area contributed by atoms with Crippen LogP contribution in [0.2, 0.25) is 0 Å². The summed E-state index contributed by atoms with van der Waals surface area (Å²) in [6.07, 6.45) is 1.99. The highest BCUT2D eigenvalue weighted by Gasteiger charge is 2.44. The first-order valence-electron chi connectivity index (χ1n) is 5.52. The Hall–Kier alpha value is -1.22. The molecular weight excluding hydrogens is 205 g/mol. The van der Waals surface area contributed by atoms with Crippen LogP contribution >= 0.6 is 0 Å². The summed E-state index contributed by atoms with van der Waals surface area (Å²) in [4.78, 5) is 12.1. The lowest BCUT2D eigenvalue weighted by molar-refractivity contribution is 0.0883. The second kappa shape index (κ2) is 3.67. The smallest absolute Gasteiger partial charge is 0.182 e. The molecule has 1 unspecified atom stereocenters. The van der Waals surface area contributed by atoms with Crippen molar-refractivity contribution in [3.63, 3.8) is 0 Å². The van der Waals surface area contributed by atoms with E-state index in [9.17, 15) is 9.18 Å². The van der Waals surface area contributed by atoms with Crippen LogP contribution in [0.3, 0.4) is 0 Å². The lowest BCUT2D eigenvalue weighted by Crippen LogP contribution is -2.47. The molecule has 1 aliphatic rings. The Balaban J connectivity index is 2.30. The highest BCUT2D eigenvalue weighted by molar-refractivity contribution is 6.03. The number of benzene rings is 1. The van der Waals surface area contributed by atoms with Crippen LogP contribution in [0.1, 0.15) is 35.7 Å². The molecule has 0 amide bonds. The van der Waals surface area contributed by atoms with Crippen LogP contribution in [0.15, 0.2) is 18.2 Å². The van der Waals surface area contributed by atoms with Crippen LogP contribution in [0.4, 0.5) is 4.39 Å². The predicted molar refractivity (Wildman–Crippen MR) is 60.8 cm³/mol. The van der Waals surface area contributed by atoms with Gasteiger partial charge in [-0.25, -0.2) is 4.39 Å². The van der Waals surface area contributed by atoms with Gasteiger partial charge in [-0.1, -0.05) is 12.1 Å². The monoisotopic (exact) mass is 221 g/mol. The van der Waals surface area contributed by atoms with Gasteiger partial charge >= 0.3 is 0 Å². The summed E-state index contributed by atoms with van der Waals surface area (Å²) in [5, 5.41) is 0. The number of aryl methyl sites for hydroxylation is 1. The van der Waals surface area contributed by atoms with E-state index in [4.69, 9.17) is 5.73 Å². The number of ketones is 1. The maximum absolute atomic E-state index is 13.4. The molecule has 1 aromatic rings. The van der Waals surface area contributed by atoms with E-state index in [1.165, 1.54) is 6.07 Å². The van der Waals surface area contributed by atoms with Crippen LogP contribution in [-0.2, 0) is 0 Å². The van der Waals surface area contributed by atoms with Crippen molar-refractivity contribution in [1.82, 2.24) is 0 Å². The third-order valence-corrected chi connectivity index (χ3v) is 3.35. The van der Waals surface area contributed by atoms with E-state index in [-0.39, 0.29) is 17.5 Å². The molecule has 0 aliphatic heterocycles. The van der Waals surface area contributed by atoms with E-state index >= 15 is 0 Å². The number of carbonyl (C=O) groups excluding carboxylic acids is 1. The van der Waals surface area contributed by atoms with Crippen LogP contribution in [0, 0.1) is 18.7 Å². The Morgan fingerprint density at radius 2 is 2.12 bits per heavy atom. The fraction of sp³-hybridized carbons (Fsp3) is 0.462. The van der Waals surface area contributed by atoms with Gasteiger partial charge in [0.05, 0.1) is 5.54 Å². The quantitative estimate of drug-likeness (QED) is 0.797. The summed E-state index contributed by atoms with van der Waals surface area (Å²) in [7, 11) is 0. The fourth-order valence-electron chi connectivity index (χ4n) is 1.91. The molecule has 0 aromatic heterocycles. The third kappa shape index (κ3) is 1.87. The molecule has 1 atom stereocenters. The van der Waals surface area contributed by atoms with Crippen molar-refractivity contribution < 1.29 is 9.18 Å². The molecule has 2 rings (SSSR count). The Labute approximate surface area is 94.6 Å². The number of carbonyl (C=O) groups is 1. The van der Waals surface area contributed by atoms with E-state index in [2.05, 4.69) is 0 Å². The van der Waals surface area contributed by atoms with Crippen molar-refractivity contribution in [2.45, 2.75) is 32.2 Å². The van der Waals surface area contributed by atoms with Crippen molar-refractivity contribution in [3.05, 3.63) is 35.1 Å². The average molecular weight is 221 g/mol. The molecule has 3 heteroatoms. The van der Waals surface area contributed by atoms with E-state index in [1.807, 2.05) is 0 Å². The van der Waals surface area contributed by atoms with E-state index in [0.29, 0.717) is 11.1 Å². The molecule has 86 valence electrons. The number of rotatable bonds is 3. The van der Waals surface area contributed by atoms with E-state index in [1.54, 1.807) is 26.0 Å². The van der Waals surface area contributed by atoms with Crippen LogP contribution in [0.5, 0.6) is 0 Å². The molecule has 2 nitrogen and oxygen atoms in total. The molecule has 0 saturated heterocycles. The first-order valence-corrected chi connectivity index (χ1v) is 5.52. The van der Waals surface area contributed by atoms with Crippen LogP contribution in [0.25, 0.3) is 0 Å². The van der Waals surface area contributed by atoms with Gasteiger partial charge in [0, 0.05) is 5.56 Å². The first kappa shape index (κ1) is 11.3. The van der Waals surface area contributed by atoms with Gasteiger partial charge in [0.15, 0.2) is 5.78 Å². The SMILES string of the molecule is Cc1ccc(C(=O)C(C)(N)C2CC2)cc1F. The molecule has 2 N–H and O–H groups in total. The number of halogens is 1. The number of nitrogens with two attached hydrogens (primary N) is 1. The standard InChI is InChI=1S/C13H16FNO/c1-8-3-4-9(7-11(8)14)12(16)13(2,15)10-5-6-10/h3-4,7,10H,5-6,15H2,1-2H3. The maximum atomic E-state index is 13.4. The van der Waals surface area contributed by atoms with E-state index in [0.717, 1.165) is 12.8 Å². The summed E-state index contributed by atoms with van der Waals surface area (Å²) in [5.74, 6) is -0.254. The average Bonchev–Trinajstić information content (AvgIpc) is 3.04. The Bertz CT molecular complexity index is 436. The molecular formula is C13H16FNO. The molecule has 16 heavy (non-hydrogen) atoms. The highest BCUT2D eigenvalue weighted by Crippen LogP contribution is 2.39. The maximum Gasteiger partial charge on any atom is 0.182 e. The second-order valence-corrected chi connectivity index (χ2v) is 4.85. The number of hydrogen-bond acceptors (Lipinski definition) is 2. The molecule has 0 spiro atoms. The minimum absolute atomic E-state index is 0.158. The van der Waals surface area contributed by atoms with Crippen molar-refractivity contribution >= 4 is 5.78 Å². The van der Waals surface area contributed by atoms with Crippen molar-refractivity contribution in [2.75, 3.05) is 0 Å². The minimum atomic E-state index is -0.846. The van der Waals surface area contributed by atoms with Crippen molar-refractivity contribution in [3.8, 4) is 0 Å². The van der Waals surface area contributed by atoms with Crippen molar-refractivity contribution in [2.24, 2.45) is 11.7 Å². The van der Waals surface area contributed by atoms with Gasteiger partial charge in [0.1, 0.15) is 5.82 Å². The lowest BCUT2D eigenvalue weighted by atomic mass is 9.87. The second-order valence-electron chi connectivity index (χ2n) is 4.85. The molecule has 1 fully saturated rings. The fourth-order valence-corrected chi connectivity index (χ4v) is 1.91. The van der Waals surface area contributed by atoms with E-state index < -0.39 is 5.54 Å². The van der Waals surface area contributed by atoms with Gasteiger partial charge in [-0.05, 0) is 44.2 Å². The summed E-state index contributed by atoms with van der Waals surface area (Å²) < 4.78 is 13.4. The zero-order chi connectivity index (χ0) is 11.9. The molecule has 0 radical (unpaired) electrons. The minimum Gasteiger partial charge on any atom is -0.319 e. The van der Waals surface area contributed by atoms with Gasteiger partial charge < -0.3 is 5.73 Å². The first-order chi connectivity index (χ1) is 7.43. The zero-order valence-electron chi connectivity index (χ0n) is 9.59. The Kier molecular flexibility index (Phi) is 2.58. The molecule has 1 aliphatic carbocycles. The third-order valence-electron chi connectivity index (χ3n) is 3.35. The highest BCUT2D eigenvalue weighted by atomic mass is 19.1. The van der Waals surface area contributed by atoms with Gasteiger partial charge in [0.25, 0.3) is 0 Å². The van der Waals surface area contributed by atoms with Gasteiger partial charge in [-0.2, -0.15) is 0 Å². The summed E-state index contributed by atoms with van der Waals surface area (Å²) >= 11 is 0. The summed E-state index contributed by atoms with van der Waals surface area (Å²) in [6, 6.07) is 4.55. The summed E-state index contributed by atoms with van der Waals surface area (Å²) in [5.41, 5.74) is 6.09. The topological polar surface area (TPSA) is 43.1 Å². The van der Waals surface area contributed by atoms with Gasteiger partial charge in [0.2, 0.25) is 0 Å². The molecule has 1 saturated carbocycles.